The number of halogens is 1. The van der Waals surface area contributed by atoms with Crippen LogP contribution in [-0.2, 0) is 11.3 Å². The Kier molecular flexibility index (Phi) is 3.13. The lowest BCUT2D eigenvalue weighted by atomic mass is 10.0. The Hall–Kier alpha value is -1.28. The van der Waals surface area contributed by atoms with Crippen LogP contribution in [0.15, 0.2) is 30.5 Å². The average Bonchev–Trinajstić information content (AvgIpc) is 2.93. The number of nitrogens with zero attached hydrogens (tertiary/aromatic N) is 1. The second kappa shape index (κ2) is 4.77. The van der Waals surface area contributed by atoms with E-state index in [9.17, 15) is 4.79 Å². The molecular formula is C15H16ClNO. The number of carbonyl (C=O) groups is 1. The number of benzene rings is 1. The second-order valence-electron chi connectivity index (χ2n) is 5.06. The minimum atomic E-state index is 0.279. The van der Waals surface area contributed by atoms with Gasteiger partial charge in [0.2, 0.25) is 0 Å². The Morgan fingerprint density at radius 2 is 2.22 bits per heavy atom. The summed E-state index contributed by atoms with van der Waals surface area (Å²) >= 11 is 6.03. The summed E-state index contributed by atoms with van der Waals surface area (Å²) < 4.78 is 2.20. The zero-order valence-electron chi connectivity index (χ0n) is 10.2. The monoisotopic (exact) mass is 261 g/mol. The molecule has 1 fully saturated rings. The number of hydrogen-bond acceptors (Lipinski definition) is 1. The van der Waals surface area contributed by atoms with Crippen molar-refractivity contribution >= 4 is 28.3 Å². The number of carbonyl (C=O) groups excluding carboxylic acids is 1. The molecular weight excluding hydrogens is 246 g/mol. The SMILES string of the molecule is O=C1CCCC1CCn1ccc2ccc(Cl)cc21. The van der Waals surface area contributed by atoms with Crippen LogP contribution in [0.3, 0.4) is 0 Å². The zero-order valence-corrected chi connectivity index (χ0v) is 11.0. The summed E-state index contributed by atoms with van der Waals surface area (Å²) in [5.41, 5.74) is 1.16. The standard InChI is InChI=1S/C15H16ClNO/c16-13-5-4-11-6-8-17(14(11)10-13)9-7-12-2-1-3-15(12)18/h4-6,8,10,12H,1-3,7,9H2. The van der Waals surface area contributed by atoms with Gasteiger partial charge in [0, 0.05) is 35.6 Å². The van der Waals surface area contributed by atoms with Gasteiger partial charge in [-0.15, -0.1) is 0 Å². The first-order chi connectivity index (χ1) is 8.74. The molecule has 1 aromatic heterocycles. The third-order valence-electron chi connectivity index (χ3n) is 3.89. The summed E-state index contributed by atoms with van der Waals surface area (Å²) in [6.45, 7) is 0.903. The molecule has 0 bridgehead atoms. The molecule has 1 aromatic carbocycles. The summed E-state index contributed by atoms with van der Waals surface area (Å²) in [5, 5.41) is 1.97. The van der Waals surface area contributed by atoms with Crippen molar-refractivity contribution in [2.45, 2.75) is 32.2 Å². The van der Waals surface area contributed by atoms with Gasteiger partial charge >= 0.3 is 0 Å². The van der Waals surface area contributed by atoms with Crippen LogP contribution < -0.4 is 0 Å². The molecule has 1 aliphatic rings. The molecule has 0 N–H and O–H groups in total. The maximum absolute atomic E-state index is 11.6. The molecule has 1 heterocycles. The predicted molar refractivity (Wildman–Crippen MR) is 73.9 cm³/mol. The molecule has 18 heavy (non-hydrogen) atoms. The molecule has 0 saturated heterocycles. The van der Waals surface area contributed by atoms with Crippen molar-refractivity contribution in [3.63, 3.8) is 0 Å². The molecule has 3 heteroatoms. The smallest absolute Gasteiger partial charge is 0.136 e. The molecule has 94 valence electrons. The van der Waals surface area contributed by atoms with E-state index in [0.717, 1.165) is 42.8 Å². The highest BCUT2D eigenvalue weighted by Gasteiger charge is 2.23. The summed E-state index contributed by atoms with van der Waals surface area (Å²) in [4.78, 5) is 11.6. The van der Waals surface area contributed by atoms with Gasteiger partial charge in [-0.25, -0.2) is 0 Å². The predicted octanol–water partition coefficient (Wildman–Crippen LogP) is 4.05. The Balaban J connectivity index is 1.78. The van der Waals surface area contributed by atoms with E-state index in [2.05, 4.69) is 16.8 Å². The third-order valence-corrected chi connectivity index (χ3v) is 4.12. The van der Waals surface area contributed by atoms with Crippen LogP contribution in [0.5, 0.6) is 0 Å². The molecule has 2 nitrogen and oxygen atoms in total. The second-order valence-corrected chi connectivity index (χ2v) is 5.49. The van der Waals surface area contributed by atoms with Crippen LogP contribution in [0.25, 0.3) is 10.9 Å². The van der Waals surface area contributed by atoms with Crippen molar-refractivity contribution in [3.8, 4) is 0 Å². The van der Waals surface area contributed by atoms with Crippen molar-refractivity contribution < 1.29 is 4.79 Å². The number of aryl methyl sites for hydroxylation is 1. The Labute approximate surface area is 112 Å². The van der Waals surface area contributed by atoms with Crippen LogP contribution >= 0.6 is 11.6 Å². The Bertz CT molecular complexity index is 587. The van der Waals surface area contributed by atoms with E-state index in [0.29, 0.717) is 5.78 Å². The van der Waals surface area contributed by atoms with Crippen molar-refractivity contribution in [2.24, 2.45) is 5.92 Å². The highest BCUT2D eigenvalue weighted by molar-refractivity contribution is 6.31. The fraction of sp³-hybridized carbons (Fsp3) is 0.400. The van der Waals surface area contributed by atoms with E-state index in [4.69, 9.17) is 11.6 Å². The van der Waals surface area contributed by atoms with Crippen LogP contribution in [0.2, 0.25) is 5.02 Å². The topological polar surface area (TPSA) is 22.0 Å². The molecule has 1 saturated carbocycles. The number of rotatable bonds is 3. The Morgan fingerprint density at radius 3 is 3.00 bits per heavy atom. The number of ketones is 1. The summed E-state index contributed by atoms with van der Waals surface area (Å²) in [7, 11) is 0. The number of hydrogen-bond donors (Lipinski definition) is 0. The van der Waals surface area contributed by atoms with Gasteiger partial charge in [-0.3, -0.25) is 4.79 Å². The fourth-order valence-corrected chi connectivity index (χ4v) is 3.01. The van der Waals surface area contributed by atoms with Gasteiger partial charge in [0.1, 0.15) is 5.78 Å². The number of fused-ring (bicyclic) bond motifs is 1. The first-order valence-electron chi connectivity index (χ1n) is 6.51. The van der Waals surface area contributed by atoms with E-state index in [1.54, 1.807) is 0 Å². The lowest BCUT2D eigenvalue weighted by Crippen LogP contribution is -2.09. The molecule has 2 aromatic rings. The van der Waals surface area contributed by atoms with Gasteiger partial charge in [-0.1, -0.05) is 17.7 Å². The maximum Gasteiger partial charge on any atom is 0.136 e. The van der Waals surface area contributed by atoms with Gasteiger partial charge in [0.15, 0.2) is 0 Å². The van der Waals surface area contributed by atoms with E-state index in [-0.39, 0.29) is 5.92 Å². The zero-order chi connectivity index (χ0) is 12.5. The van der Waals surface area contributed by atoms with Crippen molar-refractivity contribution in [1.29, 1.82) is 0 Å². The van der Waals surface area contributed by atoms with Gasteiger partial charge in [0.05, 0.1) is 0 Å². The van der Waals surface area contributed by atoms with E-state index in [1.807, 2.05) is 18.2 Å². The van der Waals surface area contributed by atoms with Crippen molar-refractivity contribution in [1.82, 2.24) is 4.57 Å². The number of aromatic nitrogens is 1. The molecule has 3 rings (SSSR count). The van der Waals surface area contributed by atoms with Crippen LogP contribution in [0.4, 0.5) is 0 Å². The van der Waals surface area contributed by atoms with E-state index in [1.165, 1.54) is 5.39 Å². The summed E-state index contributed by atoms with van der Waals surface area (Å²) in [6, 6.07) is 8.04. The van der Waals surface area contributed by atoms with Crippen LogP contribution in [0, 0.1) is 5.92 Å². The highest BCUT2D eigenvalue weighted by Crippen LogP contribution is 2.26. The molecule has 0 spiro atoms. The van der Waals surface area contributed by atoms with Gasteiger partial charge < -0.3 is 4.57 Å². The first-order valence-corrected chi connectivity index (χ1v) is 6.89. The highest BCUT2D eigenvalue weighted by atomic mass is 35.5. The molecule has 1 atom stereocenters. The first kappa shape index (κ1) is 11.8. The molecule has 1 unspecified atom stereocenters. The minimum Gasteiger partial charge on any atom is -0.347 e. The Morgan fingerprint density at radius 1 is 1.33 bits per heavy atom. The fourth-order valence-electron chi connectivity index (χ4n) is 2.84. The van der Waals surface area contributed by atoms with Crippen LogP contribution in [-0.4, -0.2) is 10.4 Å². The van der Waals surface area contributed by atoms with E-state index >= 15 is 0 Å². The summed E-state index contributed by atoms with van der Waals surface area (Å²) in [5.74, 6) is 0.728. The molecule has 0 amide bonds. The van der Waals surface area contributed by atoms with Gasteiger partial charge in [-0.05, 0) is 42.8 Å². The quantitative estimate of drug-likeness (QED) is 0.817. The minimum absolute atomic E-state index is 0.279. The third kappa shape index (κ3) is 2.17. The van der Waals surface area contributed by atoms with E-state index < -0.39 is 0 Å². The van der Waals surface area contributed by atoms with Gasteiger partial charge in [0.25, 0.3) is 0 Å². The van der Waals surface area contributed by atoms with Crippen molar-refractivity contribution in [3.05, 3.63) is 35.5 Å². The maximum atomic E-state index is 11.6. The van der Waals surface area contributed by atoms with Gasteiger partial charge in [-0.2, -0.15) is 0 Å². The lowest BCUT2D eigenvalue weighted by molar-refractivity contribution is -0.120. The summed E-state index contributed by atoms with van der Waals surface area (Å²) in [6.07, 6.45) is 5.96. The molecule has 0 radical (unpaired) electrons. The molecule has 1 aliphatic carbocycles. The normalized spacial score (nSPS) is 19.8. The number of Topliss-reactive ketones (excluding diaryl/α,β-unsaturated/α-hetero) is 1. The largest absolute Gasteiger partial charge is 0.347 e. The average molecular weight is 262 g/mol. The van der Waals surface area contributed by atoms with Crippen molar-refractivity contribution in [2.75, 3.05) is 0 Å². The molecule has 0 aliphatic heterocycles. The lowest BCUT2D eigenvalue weighted by Gasteiger charge is -2.10. The van der Waals surface area contributed by atoms with Crippen LogP contribution in [0.1, 0.15) is 25.7 Å².